The van der Waals surface area contributed by atoms with Gasteiger partial charge in [-0.3, -0.25) is 4.90 Å². The highest BCUT2D eigenvalue weighted by atomic mass is 19.1. The number of nitrogens with one attached hydrogen (secondary N) is 1. The first-order valence-corrected chi connectivity index (χ1v) is 6.21. The van der Waals surface area contributed by atoms with Gasteiger partial charge in [0.2, 0.25) is 0 Å². The minimum Gasteiger partial charge on any atom is -0.383 e. The molecule has 1 aromatic carbocycles. The summed E-state index contributed by atoms with van der Waals surface area (Å²) < 4.78 is 18.9. The third-order valence-corrected chi connectivity index (χ3v) is 3.26. The van der Waals surface area contributed by atoms with Crippen LogP contribution in [0.15, 0.2) is 24.3 Å². The second-order valence-corrected chi connectivity index (χ2v) is 4.61. The maximum atomic E-state index is 13.7. The Morgan fingerprint density at radius 1 is 1.39 bits per heavy atom. The third kappa shape index (κ3) is 4.05. The highest BCUT2D eigenvalue weighted by Crippen LogP contribution is 2.18. The van der Waals surface area contributed by atoms with E-state index >= 15 is 0 Å². The minimum absolute atomic E-state index is 0.0180. The molecule has 0 aliphatic carbocycles. The van der Waals surface area contributed by atoms with Crippen LogP contribution in [0.2, 0.25) is 0 Å². The van der Waals surface area contributed by atoms with E-state index in [4.69, 9.17) is 4.74 Å². The average Bonchev–Trinajstić information content (AvgIpc) is 2.37. The summed E-state index contributed by atoms with van der Waals surface area (Å²) in [5.74, 6) is -0.162. The quantitative estimate of drug-likeness (QED) is 0.806. The van der Waals surface area contributed by atoms with Crippen LogP contribution in [-0.4, -0.2) is 45.3 Å². The first kappa shape index (κ1) is 15.1. The Kier molecular flexibility index (Phi) is 6.25. The van der Waals surface area contributed by atoms with Crippen LogP contribution < -0.4 is 5.32 Å². The molecule has 0 spiro atoms. The van der Waals surface area contributed by atoms with E-state index in [-0.39, 0.29) is 11.9 Å². The molecule has 3 nitrogen and oxygen atoms in total. The van der Waals surface area contributed by atoms with Gasteiger partial charge in [-0.2, -0.15) is 0 Å². The van der Waals surface area contributed by atoms with E-state index in [0.717, 1.165) is 6.54 Å². The maximum Gasteiger partial charge on any atom is 0.128 e. The largest absolute Gasteiger partial charge is 0.383 e. The smallest absolute Gasteiger partial charge is 0.128 e. The molecule has 0 aliphatic rings. The van der Waals surface area contributed by atoms with Crippen molar-refractivity contribution in [3.63, 3.8) is 0 Å². The van der Waals surface area contributed by atoms with Gasteiger partial charge in [0, 0.05) is 31.3 Å². The van der Waals surface area contributed by atoms with Crippen molar-refractivity contribution in [2.24, 2.45) is 0 Å². The van der Waals surface area contributed by atoms with E-state index in [2.05, 4.69) is 17.1 Å². The van der Waals surface area contributed by atoms with Crippen molar-refractivity contribution >= 4 is 0 Å². The first-order valence-electron chi connectivity index (χ1n) is 6.21. The number of nitrogens with zero attached hydrogens (tertiary/aromatic N) is 1. The van der Waals surface area contributed by atoms with Crippen LogP contribution in [0.3, 0.4) is 0 Å². The van der Waals surface area contributed by atoms with Crippen LogP contribution in [0.25, 0.3) is 0 Å². The SMILES string of the molecule is CNC(CN(C)C(C)COC)c1ccccc1F. The summed E-state index contributed by atoms with van der Waals surface area (Å²) in [7, 11) is 5.57. The van der Waals surface area contributed by atoms with Crippen molar-refractivity contribution in [1.29, 1.82) is 0 Å². The van der Waals surface area contributed by atoms with Gasteiger partial charge in [-0.25, -0.2) is 4.39 Å². The number of hydrogen-bond acceptors (Lipinski definition) is 3. The zero-order valence-corrected chi connectivity index (χ0v) is 11.6. The van der Waals surface area contributed by atoms with E-state index in [1.807, 2.05) is 26.2 Å². The lowest BCUT2D eigenvalue weighted by Crippen LogP contribution is -2.39. The van der Waals surface area contributed by atoms with Crippen molar-refractivity contribution < 1.29 is 9.13 Å². The van der Waals surface area contributed by atoms with Gasteiger partial charge in [-0.05, 0) is 27.1 Å². The molecule has 0 saturated heterocycles. The second kappa shape index (κ2) is 7.46. The van der Waals surface area contributed by atoms with Crippen molar-refractivity contribution in [3.05, 3.63) is 35.6 Å². The van der Waals surface area contributed by atoms with E-state index in [9.17, 15) is 4.39 Å². The standard InChI is InChI=1S/C14H23FN2O/c1-11(10-18-4)17(3)9-14(16-2)12-7-5-6-8-13(12)15/h5-8,11,14,16H,9-10H2,1-4H3. The molecule has 4 heteroatoms. The van der Waals surface area contributed by atoms with E-state index in [1.54, 1.807) is 13.2 Å². The summed E-state index contributed by atoms with van der Waals surface area (Å²) in [6, 6.07) is 7.18. The number of rotatable bonds is 7. The number of benzene rings is 1. The Hall–Kier alpha value is -0.970. The number of likely N-dealkylation sites (N-methyl/N-ethyl adjacent to an activating group) is 2. The Balaban J connectivity index is 2.70. The normalized spacial score (nSPS) is 14.8. The zero-order valence-electron chi connectivity index (χ0n) is 11.6. The van der Waals surface area contributed by atoms with Gasteiger partial charge in [0.05, 0.1) is 6.61 Å². The van der Waals surface area contributed by atoms with Crippen LogP contribution in [0.4, 0.5) is 4.39 Å². The van der Waals surface area contributed by atoms with Gasteiger partial charge in [0.15, 0.2) is 0 Å². The van der Waals surface area contributed by atoms with Crippen molar-refractivity contribution in [3.8, 4) is 0 Å². The van der Waals surface area contributed by atoms with E-state index in [0.29, 0.717) is 18.2 Å². The summed E-state index contributed by atoms with van der Waals surface area (Å²) in [6.45, 7) is 3.50. The fourth-order valence-corrected chi connectivity index (χ4v) is 1.94. The lowest BCUT2D eigenvalue weighted by atomic mass is 10.1. The molecule has 2 atom stereocenters. The summed E-state index contributed by atoms with van der Waals surface area (Å²) in [4.78, 5) is 2.16. The molecule has 0 bridgehead atoms. The zero-order chi connectivity index (χ0) is 13.5. The number of hydrogen-bond donors (Lipinski definition) is 1. The Bertz CT molecular complexity index is 359. The predicted molar refractivity (Wildman–Crippen MR) is 72.2 cm³/mol. The van der Waals surface area contributed by atoms with Crippen molar-refractivity contribution in [2.45, 2.75) is 19.0 Å². The van der Waals surface area contributed by atoms with E-state index < -0.39 is 0 Å². The molecule has 102 valence electrons. The van der Waals surface area contributed by atoms with Crippen molar-refractivity contribution in [2.75, 3.05) is 34.4 Å². The fourth-order valence-electron chi connectivity index (χ4n) is 1.94. The number of methoxy groups -OCH3 is 1. The van der Waals surface area contributed by atoms with Crippen LogP contribution in [0, 0.1) is 5.82 Å². The van der Waals surface area contributed by atoms with Gasteiger partial charge in [-0.15, -0.1) is 0 Å². The average molecular weight is 254 g/mol. The highest BCUT2D eigenvalue weighted by molar-refractivity contribution is 5.21. The molecule has 2 unspecified atom stereocenters. The molecule has 0 saturated carbocycles. The molecular formula is C14H23FN2O. The molecular weight excluding hydrogens is 231 g/mol. The Morgan fingerprint density at radius 2 is 2.06 bits per heavy atom. The Morgan fingerprint density at radius 3 is 2.61 bits per heavy atom. The molecule has 1 aromatic rings. The van der Waals surface area contributed by atoms with Gasteiger partial charge >= 0.3 is 0 Å². The molecule has 0 amide bonds. The summed E-state index contributed by atoms with van der Waals surface area (Å²) in [5, 5.41) is 3.16. The summed E-state index contributed by atoms with van der Waals surface area (Å²) in [5.41, 5.74) is 0.705. The molecule has 18 heavy (non-hydrogen) atoms. The lowest BCUT2D eigenvalue weighted by Gasteiger charge is -2.29. The fraction of sp³-hybridized carbons (Fsp3) is 0.571. The molecule has 0 aliphatic heterocycles. The predicted octanol–water partition coefficient (Wildman–Crippen LogP) is 2.05. The molecule has 1 rings (SSSR count). The maximum absolute atomic E-state index is 13.7. The minimum atomic E-state index is -0.162. The third-order valence-electron chi connectivity index (χ3n) is 3.26. The van der Waals surface area contributed by atoms with E-state index in [1.165, 1.54) is 6.07 Å². The molecule has 0 aromatic heterocycles. The van der Waals surface area contributed by atoms with Crippen LogP contribution >= 0.6 is 0 Å². The van der Waals surface area contributed by atoms with Crippen molar-refractivity contribution in [1.82, 2.24) is 10.2 Å². The van der Waals surface area contributed by atoms with Gasteiger partial charge in [0.25, 0.3) is 0 Å². The molecule has 0 radical (unpaired) electrons. The summed E-state index contributed by atoms with van der Waals surface area (Å²) in [6.07, 6.45) is 0. The topological polar surface area (TPSA) is 24.5 Å². The van der Waals surface area contributed by atoms with Crippen LogP contribution in [0.5, 0.6) is 0 Å². The molecule has 0 fully saturated rings. The molecule has 0 heterocycles. The Labute approximate surface area is 109 Å². The van der Waals surface area contributed by atoms with Gasteiger partial charge in [0.1, 0.15) is 5.82 Å². The lowest BCUT2D eigenvalue weighted by molar-refractivity contribution is 0.109. The monoisotopic (exact) mass is 254 g/mol. The van der Waals surface area contributed by atoms with Gasteiger partial charge in [-0.1, -0.05) is 18.2 Å². The first-order chi connectivity index (χ1) is 8.60. The number of halogens is 1. The summed E-state index contributed by atoms with van der Waals surface area (Å²) >= 11 is 0. The molecule has 1 N–H and O–H groups in total. The van der Waals surface area contributed by atoms with Crippen LogP contribution in [0.1, 0.15) is 18.5 Å². The van der Waals surface area contributed by atoms with Gasteiger partial charge < -0.3 is 10.1 Å². The van der Waals surface area contributed by atoms with Crippen LogP contribution in [-0.2, 0) is 4.74 Å². The second-order valence-electron chi connectivity index (χ2n) is 4.61. The highest BCUT2D eigenvalue weighted by Gasteiger charge is 2.18. The number of ether oxygens (including phenoxy) is 1.